The fourth-order valence-electron chi connectivity index (χ4n) is 2.21. The molecule has 4 heteroatoms. The summed E-state index contributed by atoms with van der Waals surface area (Å²) in [5, 5.41) is 0. The molecule has 0 atom stereocenters. The lowest BCUT2D eigenvalue weighted by atomic mass is 10.1. The van der Waals surface area contributed by atoms with Gasteiger partial charge in [0.2, 0.25) is 0 Å². The van der Waals surface area contributed by atoms with Gasteiger partial charge in [0, 0.05) is 38.9 Å². The van der Waals surface area contributed by atoms with Gasteiger partial charge in [0.1, 0.15) is 5.75 Å². The molecular weight excluding hydrogens is 240 g/mol. The molecule has 0 spiro atoms. The molecule has 2 rings (SSSR count). The zero-order valence-corrected chi connectivity index (χ0v) is 12.0. The number of likely N-dealkylation sites (tertiary alicyclic amines) is 1. The quantitative estimate of drug-likeness (QED) is 0.821. The van der Waals surface area contributed by atoms with E-state index in [9.17, 15) is 4.79 Å². The number of carbonyl (C=O) groups excluding carboxylic acids is 1. The van der Waals surface area contributed by atoms with Crippen molar-refractivity contribution in [2.45, 2.75) is 26.2 Å². The van der Waals surface area contributed by atoms with Gasteiger partial charge in [0.25, 0.3) is 0 Å². The van der Waals surface area contributed by atoms with E-state index >= 15 is 0 Å². The summed E-state index contributed by atoms with van der Waals surface area (Å²) in [6.45, 7) is 3.58. The van der Waals surface area contributed by atoms with Crippen molar-refractivity contribution in [1.82, 2.24) is 4.90 Å². The van der Waals surface area contributed by atoms with Gasteiger partial charge in [-0.25, -0.2) is 4.79 Å². The summed E-state index contributed by atoms with van der Waals surface area (Å²) in [6.07, 6.45) is 3.13. The molecule has 0 bridgehead atoms. The number of aryl methyl sites for hydroxylation is 1. The van der Waals surface area contributed by atoms with Crippen LogP contribution in [-0.2, 0) is 0 Å². The maximum absolute atomic E-state index is 12.1. The van der Waals surface area contributed by atoms with Gasteiger partial charge in [0.05, 0.1) is 0 Å². The predicted octanol–water partition coefficient (Wildman–Crippen LogP) is 3.05. The lowest BCUT2D eigenvalue weighted by molar-refractivity contribution is 0.142. The SMILES string of the molecule is Cc1ccc(N(C)C)cc1OC(=O)N1CCCCC1. The molecule has 0 radical (unpaired) electrons. The standard InChI is InChI=1S/C15H22N2O2/c1-12-7-8-13(16(2)3)11-14(12)19-15(18)17-9-5-4-6-10-17/h7-8,11H,4-6,9-10H2,1-3H3. The summed E-state index contributed by atoms with van der Waals surface area (Å²) in [5.41, 5.74) is 2.02. The van der Waals surface area contributed by atoms with Crippen LogP contribution in [-0.4, -0.2) is 38.2 Å². The van der Waals surface area contributed by atoms with Crippen LogP contribution in [0.2, 0.25) is 0 Å². The van der Waals surface area contributed by atoms with E-state index in [0.717, 1.165) is 37.2 Å². The van der Waals surface area contributed by atoms with Crippen molar-refractivity contribution in [3.8, 4) is 5.75 Å². The molecule has 0 N–H and O–H groups in total. The van der Waals surface area contributed by atoms with Crippen molar-refractivity contribution >= 4 is 11.8 Å². The minimum Gasteiger partial charge on any atom is -0.410 e. The molecule has 1 aromatic carbocycles. The molecule has 1 aliphatic heterocycles. The van der Waals surface area contributed by atoms with Crippen molar-refractivity contribution in [2.75, 3.05) is 32.1 Å². The van der Waals surface area contributed by atoms with Crippen LogP contribution < -0.4 is 9.64 Å². The van der Waals surface area contributed by atoms with E-state index in [1.165, 1.54) is 6.42 Å². The van der Waals surface area contributed by atoms with Crippen LogP contribution in [0, 0.1) is 6.92 Å². The van der Waals surface area contributed by atoms with E-state index in [1.54, 1.807) is 4.90 Å². The zero-order chi connectivity index (χ0) is 13.8. The number of nitrogens with zero attached hydrogens (tertiary/aromatic N) is 2. The summed E-state index contributed by atoms with van der Waals surface area (Å²) in [6, 6.07) is 5.92. The van der Waals surface area contributed by atoms with Crippen LogP contribution in [0.25, 0.3) is 0 Å². The number of hydrogen-bond acceptors (Lipinski definition) is 3. The molecule has 19 heavy (non-hydrogen) atoms. The van der Waals surface area contributed by atoms with Gasteiger partial charge in [-0.3, -0.25) is 0 Å². The first-order chi connectivity index (χ1) is 9.08. The number of rotatable bonds is 2. The Bertz CT molecular complexity index is 451. The minimum absolute atomic E-state index is 0.223. The molecule has 0 unspecified atom stereocenters. The average molecular weight is 262 g/mol. The summed E-state index contributed by atoms with van der Waals surface area (Å²) in [5.74, 6) is 0.654. The lowest BCUT2D eigenvalue weighted by Crippen LogP contribution is -2.37. The number of hydrogen-bond donors (Lipinski definition) is 0. The second kappa shape index (κ2) is 5.95. The van der Waals surface area contributed by atoms with E-state index in [-0.39, 0.29) is 6.09 Å². The van der Waals surface area contributed by atoms with E-state index in [1.807, 2.05) is 44.1 Å². The summed E-state index contributed by atoms with van der Waals surface area (Å²) >= 11 is 0. The second-order valence-corrected chi connectivity index (χ2v) is 5.26. The molecule has 1 aromatic rings. The van der Waals surface area contributed by atoms with Gasteiger partial charge in [-0.15, -0.1) is 0 Å². The Kier molecular flexibility index (Phi) is 4.30. The first-order valence-corrected chi connectivity index (χ1v) is 6.82. The molecule has 4 nitrogen and oxygen atoms in total. The number of amides is 1. The Labute approximate surface area is 115 Å². The number of piperidine rings is 1. The van der Waals surface area contributed by atoms with Gasteiger partial charge < -0.3 is 14.5 Å². The third-order valence-electron chi connectivity index (χ3n) is 3.50. The zero-order valence-electron chi connectivity index (χ0n) is 12.0. The van der Waals surface area contributed by atoms with Crippen LogP contribution in [0.1, 0.15) is 24.8 Å². The van der Waals surface area contributed by atoms with Crippen molar-refractivity contribution in [3.63, 3.8) is 0 Å². The Morgan fingerprint density at radius 3 is 2.53 bits per heavy atom. The topological polar surface area (TPSA) is 32.8 Å². The number of ether oxygens (including phenoxy) is 1. The summed E-state index contributed by atoms with van der Waals surface area (Å²) in [7, 11) is 3.95. The van der Waals surface area contributed by atoms with Crippen LogP contribution >= 0.6 is 0 Å². The average Bonchev–Trinajstić information content (AvgIpc) is 2.42. The fraction of sp³-hybridized carbons (Fsp3) is 0.533. The van der Waals surface area contributed by atoms with Gasteiger partial charge in [0.15, 0.2) is 0 Å². The van der Waals surface area contributed by atoms with Crippen LogP contribution in [0.15, 0.2) is 18.2 Å². The Morgan fingerprint density at radius 1 is 1.21 bits per heavy atom. The number of benzene rings is 1. The monoisotopic (exact) mass is 262 g/mol. The molecule has 104 valence electrons. The maximum atomic E-state index is 12.1. The highest BCUT2D eigenvalue weighted by Crippen LogP contribution is 2.25. The molecule has 1 amide bonds. The molecule has 0 aliphatic carbocycles. The molecular formula is C15H22N2O2. The highest BCUT2D eigenvalue weighted by atomic mass is 16.6. The Hall–Kier alpha value is -1.71. The summed E-state index contributed by atoms with van der Waals surface area (Å²) < 4.78 is 5.54. The Morgan fingerprint density at radius 2 is 1.89 bits per heavy atom. The van der Waals surface area contributed by atoms with E-state index in [0.29, 0.717) is 5.75 Å². The smallest absolute Gasteiger partial charge is 0.410 e. The maximum Gasteiger partial charge on any atom is 0.415 e. The van der Waals surface area contributed by atoms with Gasteiger partial charge in [-0.05, 0) is 37.8 Å². The lowest BCUT2D eigenvalue weighted by Gasteiger charge is -2.26. The highest BCUT2D eigenvalue weighted by Gasteiger charge is 2.19. The van der Waals surface area contributed by atoms with Gasteiger partial charge in [-0.2, -0.15) is 0 Å². The molecule has 0 aromatic heterocycles. The van der Waals surface area contributed by atoms with E-state index in [2.05, 4.69) is 0 Å². The van der Waals surface area contributed by atoms with Gasteiger partial charge >= 0.3 is 6.09 Å². The molecule has 1 heterocycles. The summed E-state index contributed by atoms with van der Waals surface area (Å²) in [4.78, 5) is 15.9. The molecule has 1 saturated heterocycles. The number of anilines is 1. The number of carbonyl (C=O) groups is 1. The fourth-order valence-corrected chi connectivity index (χ4v) is 2.21. The van der Waals surface area contributed by atoms with Crippen LogP contribution in [0.4, 0.5) is 10.5 Å². The first kappa shape index (κ1) is 13.7. The molecule has 1 aliphatic rings. The van der Waals surface area contributed by atoms with Crippen LogP contribution in [0.5, 0.6) is 5.75 Å². The second-order valence-electron chi connectivity index (χ2n) is 5.26. The molecule has 0 saturated carbocycles. The first-order valence-electron chi connectivity index (χ1n) is 6.82. The minimum atomic E-state index is -0.223. The highest BCUT2D eigenvalue weighted by molar-refractivity contribution is 5.72. The van der Waals surface area contributed by atoms with Crippen molar-refractivity contribution in [2.24, 2.45) is 0 Å². The predicted molar refractivity (Wildman–Crippen MR) is 77.0 cm³/mol. The van der Waals surface area contributed by atoms with E-state index in [4.69, 9.17) is 4.74 Å². The van der Waals surface area contributed by atoms with E-state index < -0.39 is 0 Å². The van der Waals surface area contributed by atoms with Gasteiger partial charge in [-0.1, -0.05) is 6.07 Å². The van der Waals surface area contributed by atoms with Crippen molar-refractivity contribution in [1.29, 1.82) is 0 Å². The largest absolute Gasteiger partial charge is 0.415 e. The Balaban J connectivity index is 2.09. The van der Waals surface area contributed by atoms with Crippen LogP contribution in [0.3, 0.4) is 0 Å². The third-order valence-corrected chi connectivity index (χ3v) is 3.50. The van der Waals surface area contributed by atoms with Crippen molar-refractivity contribution < 1.29 is 9.53 Å². The van der Waals surface area contributed by atoms with Crippen molar-refractivity contribution in [3.05, 3.63) is 23.8 Å². The third kappa shape index (κ3) is 3.40. The molecule has 1 fully saturated rings. The normalized spacial score (nSPS) is 15.2.